The Kier molecular flexibility index (Phi) is 4.98. The molecule has 15 heavy (non-hydrogen) atoms. The van der Waals surface area contributed by atoms with Crippen molar-refractivity contribution in [3.63, 3.8) is 0 Å². The highest BCUT2D eigenvalue weighted by atomic mass is 35.5. The predicted molar refractivity (Wildman–Crippen MR) is 69.3 cm³/mol. The molecule has 0 aliphatic rings. The average Bonchev–Trinajstić information content (AvgIpc) is 2.22. The van der Waals surface area contributed by atoms with Gasteiger partial charge in [0, 0.05) is 5.02 Å². The molecule has 0 bridgehead atoms. The lowest BCUT2D eigenvalue weighted by Gasteiger charge is -2.17. The molecular formula is C12H13Cl3. The summed E-state index contributed by atoms with van der Waals surface area (Å²) in [6.07, 6.45) is 3.70. The molecule has 0 amide bonds. The number of hydrogen-bond acceptors (Lipinski definition) is 0. The lowest BCUT2D eigenvalue weighted by atomic mass is 9.93. The fraction of sp³-hybridized carbons (Fsp3) is 0.333. The van der Waals surface area contributed by atoms with E-state index in [9.17, 15) is 0 Å². The van der Waals surface area contributed by atoms with E-state index in [1.807, 2.05) is 6.08 Å². The molecule has 1 unspecified atom stereocenters. The Morgan fingerprint density at radius 2 is 1.87 bits per heavy atom. The Hall–Kier alpha value is -0.170. The second kappa shape index (κ2) is 5.79. The van der Waals surface area contributed by atoms with Gasteiger partial charge in [0.2, 0.25) is 0 Å². The van der Waals surface area contributed by atoms with Gasteiger partial charge in [-0.05, 0) is 36.5 Å². The highest BCUT2D eigenvalue weighted by Gasteiger charge is 2.17. The molecule has 0 radical (unpaired) electrons. The summed E-state index contributed by atoms with van der Waals surface area (Å²) in [5.41, 5.74) is 0.938. The topological polar surface area (TPSA) is 0 Å². The molecule has 0 spiro atoms. The van der Waals surface area contributed by atoms with E-state index in [1.165, 1.54) is 0 Å². The van der Waals surface area contributed by atoms with Crippen LogP contribution in [-0.2, 0) is 0 Å². The monoisotopic (exact) mass is 262 g/mol. The van der Waals surface area contributed by atoms with E-state index in [0.29, 0.717) is 21.0 Å². The van der Waals surface area contributed by atoms with E-state index in [2.05, 4.69) is 13.5 Å². The minimum Gasteiger partial charge on any atom is -0.103 e. The summed E-state index contributed by atoms with van der Waals surface area (Å²) < 4.78 is 0. The maximum absolute atomic E-state index is 6.16. The van der Waals surface area contributed by atoms with Gasteiger partial charge in [0.25, 0.3) is 0 Å². The van der Waals surface area contributed by atoms with Gasteiger partial charge in [-0.15, -0.1) is 6.58 Å². The van der Waals surface area contributed by atoms with E-state index in [1.54, 1.807) is 12.1 Å². The van der Waals surface area contributed by atoms with Crippen LogP contribution in [0.25, 0.3) is 0 Å². The standard InChI is InChI=1S/C12H13Cl3/c1-3-5-8(4-2)11-9(13)6-7-10(14)12(11)15/h3,6-8H,1,4-5H2,2H3. The van der Waals surface area contributed by atoms with Crippen LogP contribution in [-0.4, -0.2) is 0 Å². The number of halogens is 3. The molecule has 3 heteroatoms. The molecule has 0 N–H and O–H groups in total. The minimum atomic E-state index is 0.293. The molecule has 0 saturated carbocycles. The normalized spacial score (nSPS) is 12.5. The Morgan fingerprint density at radius 3 is 2.40 bits per heavy atom. The van der Waals surface area contributed by atoms with Gasteiger partial charge in [0.05, 0.1) is 10.0 Å². The number of hydrogen-bond donors (Lipinski definition) is 0. The summed E-state index contributed by atoms with van der Waals surface area (Å²) in [6, 6.07) is 3.51. The summed E-state index contributed by atoms with van der Waals surface area (Å²) >= 11 is 18.3. The van der Waals surface area contributed by atoms with Crippen molar-refractivity contribution in [2.24, 2.45) is 0 Å². The SMILES string of the molecule is C=CCC(CC)c1c(Cl)ccc(Cl)c1Cl. The zero-order valence-electron chi connectivity index (χ0n) is 8.56. The molecule has 1 atom stereocenters. The largest absolute Gasteiger partial charge is 0.103 e. The third kappa shape index (κ3) is 2.90. The number of rotatable bonds is 4. The predicted octanol–water partition coefficient (Wildman–Crippen LogP) is 5.72. The van der Waals surface area contributed by atoms with E-state index in [4.69, 9.17) is 34.8 Å². The average molecular weight is 264 g/mol. The van der Waals surface area contributed by atoms with Gasteiger partial charge in [0.1, 0.15) is 0 Å². The van der Waals surface area contributed by atoms with Gasteiger partial charge in [0.15, 0.2) is 0 Å². The van der Waals surface area contributed by atoms with Crippen molar-refractivity contribution in [3.8, 4) is 0 Å². The Morgan fingerprint density at radius 1 is 1.27 bits per heavy atom. The third-order valence-electron chi connectivity index (χ3n) is 2.43. The summed E-state index contributed by atoms with van der Waals surface area (Å²) in [5.74, 6) is 0.293. The van der Waals surface area contributed by atoms with Crippen molar-refractivity contribution in [2.45, 2.75) is 25.7 Å². The molecule has 0 fully saturated rings. The zero-order valence-corrected chi connectivity index (χ0v) is 10.8. The molecule has 1 aromatic rings. The van der Waals surface area contributed by atoms with E-state index in [-0.39, 0.29) is 0 Å². The first-order chi connectivity index (χ1) is 7.11. The maximum Gasteiger partial charge on any atom is 0.0642 e. The first kappa shape index (κ1) is 12.9. The Balaban J connectivity index is 3.20. The first-order valence-corrected chi connectivity index (χ1v) is 5.99. The molecule has 0 aromatic heterocycles. The Labute approximate surface area is 106 Å². The summed E-state index contributed by atoms with van der Waals surface area (Å²) in [4.78, 5) is 0. The van der Waals surface area contributed by atoms with E-state index in [0.717, 1.165) is 18.4 Å². The Bertz CT molecular complexity index is 358. The van der Waals surface area contributed by atoms with Gasteiger partial charge in [-0.3, -0.25) is 0 Å². The van der Waals surface area contributed by atoms with Crippen LogP contribution in [0, 0.1) is 0 Å². The van der Waals surface area contributed by atoms with Crippen molar-refractivity contribution in [1.82, 2.24) is 0 Å². The zero-order chi connectivity index (χ0) is 11.4. The summed E-state index contributed by atoms with van der Waals surface area (Å²) in [6.45, 7) is 5.84. The third-order valence-corrected chi connectivity index (χ3v) is 3.58. The second-order valence-electron chi connectivity index (χ2n) is 3.39. The van der Waals surface area contributed by atoms with Crippen molar-refractivity contribution in [3.05, 3.63) is 45.4 Å². The van der Waals surface area contributed by atoms with Crippen LogP contribution in [0.2, 0.25) is 15.1 Å². The second-order valence-corrected chi connectivity index (χ2v) is 4.58. The quantitative estimate of drug-likeness (QED) is 0.482. The highest BCUT2D eigenvalue weighted by molar-refractivity contribution is 6.44. The van der Waals surface area contributed by atoms with Crippen LogP contribution in [0.4, 0.5) is 0 Å². The first-order valence-electron chi connectivity index (χ1n) is 4.86. The molecule has 0 saturated heterocycles. The molecule has 0 heterocycles. The van der Waals surface area contributed by atoms with Gasteiger partial charge < -0.3 is 0 Å². The smallest absolute Gasteiger partial charge is 0.0642 e. The van der Waals surface area contributed by atoms with Gasteiger partial charge in [-0.2, -0.15) is 0 Å². The fourth-order valence-corrected chi connectivity index (χ4v) is 2.45. The van der Waals surface area contributed by atoms with Crippen LogP contribution >= 0.6 is 34.8 Å². The molecule has 0 aliphatic heterocycles. The number of benzene rings is 1. The van der Waals surface area contributed by atoms with Crippen molar-refractivity contribution < 1.29 is 0 Å². The van der Waals surface area contributed by atoms with Crippen LogP contribution < -0.4 is 0 Å². The van der Waals surface area contributed by atoms with Crippen LogP contribution in [0.1, 0.15) is 31.2 Å². The van der Waals surface area contributed by atoms with Crippen molar-refractivity contribution in [2.75, 3.05) is 0 Å². The molecular weight excluding hydrogens is 250 g/mol. The van der Waals surface area contributed by atoms with Crippen LogP contribution in [0.5, 0.6) is 0 Å². The fourth-order valence-electron chi connectivity index (χ4n) is 1.61. The molecule has 1 rings (SSSR count). The van der Waals surface area contributed by atoms with E-state index < -0.39 is 0 Å². The molecule has 1 aromatic carbocycles. The lowest BCUT2D eigenvalue weighted by Crippen LogP contribution is -1.98. The van der Waals surface area contributed by atoms with Gasteiger partial charge in [-0.1, -0.05) is 47.8 Å². The van der Waals surface area contributed by atoms with Crippen molar-refractivity contribution in [1.29, 1.82) is 0 Å². The number of allylic oxidation sites excluding steroid dienone is 1. The van der Waals surface area contributed by atoms with Gasteiger partial charge in [-0.25, -0.2) is 0 Å². The van der Waals surface area contributed by atoms with Crippen LogP contribution in [0.15, 0.2) is 24.8 Å². The van der Waals surface area contributed by atoms with Crippen molar-refractivity contribution >= 4 is 34.8 Å². The lowest BCUT2D eigenvalue weighted by molar-refractivity contribution is 0.675. The minimum absolute atomic E-state index is 0.293. The molecule has 0 nitrogen and oxygen atoms in total. The highest BCUT2D eigenvalue weighted by Crippen LogP contribution is 2.39. The van der Waals surface area contributed by atoms with E-state index >= 15 is 0 Å². The molecule has 0 aliphatic carbocycles. The maximum atomic E-state index is 6.16. The van der Waals surface area contributed by atoms with Crippen LogP contribution in [0.3, 0.4) is 0 Å². The summed E-state index contributed by atoms with van der Waals surface area (Å²) in [7, 11) is 0. The molecule has 82 valence electrons. The van der Waals surface area contributed by atoms with Gasteiger partial charge >= 0.3 is 0 Å². The summed E-state index contributed by atoms with van der Waals surface area (Å²) in [5, 5.41) is 1.80.